The summed E-state index contributed by atoms with van der Waals surface area (Å²) in [5, 5.41) is 6.24. The number of aryl methyl sites for hydroxylation is 2. The first-order chi connectivity index (χ1) is 11.6. The number of anilines is 1. The third-order valence-electron chi connectivity index (χ3n) is 5.38. The lowest BCUT2D eigenvalue weighted by atomic mass is 9.81. The Balaban J connectivity index is 1.54. The van der Waals surface area contributed by atoms with E-state index in [1.165, 1.54) is 5.56 Å². The molecule has 2 aliphatic rings. The van der Waals surface area contributed by atoms with Crippen molar-refractivity contribution in [1.29, 1.82) is 0 Å². The molecule has 4 nitrogen and oxygen atoms in total. The zero-order valence-corrected chi connectivity index (χ0v) is 14.7. The summed E-state index contributed by atoms with van der Waals surface area (Å²) in [6, 6.07) is 6.57. The molecular weight excluding hydrogens is 300 g/mol. The highest BCUT2D eigenvalue weighted by Crippen LogP contribution is 2.31. The summed E-state index contributed by atoms with van der Waals surface area (Å²) in [5.74, 6) is 0.433. The summed E-state index contributed by atoms with van der Waals surface area (Å²) >= 11 is 0. The highest BCUT2D eigenvalue weighted by molar-refractivity contribution is 5.94. The van der Waals surface area contributed by atoms with Crippen LogP contribution in [0.15, 0.2) is 18.2 Å². The van der Waals surface area contributed by atoms with E-state index in [4.69, 9.17) is 0 Å². The third-order valence-corrected chi connectivity index (χ3v) is 5.38. The van der Waals surface area contributed by atoms with Gasteiger partial charge in [-0.2, -0.15) is 0 Å². The summed E-state index contributed by atoms with van der Waals surface area (Å²) in [7, 11) is 0. The molecule has 0 aliphatic heterocycles. The lowest BCUT2D eigenvalue weighted by Crippen LogP contribution is -2.36. The molecule has 2 aliphatic carbocycles. The van der Waals surface area contributed by atoms with Crippen molar-refractivity contribution in [1.82, 2.24) is 5.32 Å². The number of carbonyl (C=O) groups excluding carboxylic acids is 2. The van der Waals surface area contributed by atoms with Crippen molar-refractivity contribution in [2.75, 3.05) is 5.32 Å². The van der Waals surface area contributed by atoms with E-state index in [1.54, 1.807) is 0 Å². The van der Waals surface area contributed by atoms with Gasteiger partial charge in [0, 0.05) is 23.6 Å². The maximum atomic E-state index is 12.6. The van der Waals surface area contributed by atoms with Crippen molar-refractivity contribution in [2.45, 2.75) is 64.8 Å². The molecular formula is C20H28N2O2. The fraction of sp³-hybridized carbons (Fsp3) is 0.600. The zero-order chi connectivity index (χ0) is 17.1. The Kier molecular flexibility index (Phi) is 5.22. The Labute approximate surface area is 144 Å². The molecule has 4 heteroatoms. The van der Waals surface area contributed by atoms with E-state index in [2.05, 4.69) is 23.6 Å². The molecule has 0 atom stereocenters. The molecule has 2 saturated carbocycles. The maximum Gasteiger partial charge on any atom is 0.227 e. The van der Waals surface area contributed by atoms with Crippen LogP contribution in [0, 0.1) is 18.8 Å². The number of rotatable bonds is 5. The Morgan fingerprint density at radius 1 is 1.00 bits per heavy atom. The van der Waals surface area contributed by atoms with Gasteiger partial charge in [0.2, 0.25) is 11.8 Å². The van der Waals surface area contributed by atoms with Crippen LogP contribution in [0.3, 0.4) is 0 Å². The van der Waals surface area contributed by atoms with Gasteiger partial charge in [-0.05, 0) is 63.0 Å². The lowest BCUT2D eigenvalue weighted by molar-refractivity contribution is -0.128. The number of amides is 2. The predicted octanol–water partition coefficient (Wildman–Crippen LogP) is 3.58. The first kappa shape index (κ1) is 17.0. The van der Waals surface area contributed by atoms with Gasteiger partial charge in [0.15, 0.2) is 0 Å². The van der Waals surface area contributed by atoms with Gasteiger partial charge in [-0.3, -0.25) is 9.59 Å². The van der Waals surface area contributed by atoms with E-state index in [9.17, 15) is 9.59 Å². The second-order valence-corrected chi connectivity index (χ2v) is 7.28. The number of nitrogens with one attached hydrogen (secondary N) is 2. The molecule has 130 valence electrons. The fourth-order valence-corrected chi connectivity index (χ4v) is 3.59. The van der Waals surface area contributed by atoms with Crippen molar-refractivity contribution < 1.29 is 9.59 Å². The lowest BCUT2D eigenvalue weighted by Gasteiger charge is -2.27. The fourth-order valence-electron chi connectivity index (χ4n) is 3.59. The van der Waals surface area contributed by atoms with Gasteiger partial charge in [0.1, 0.15) is 0 Å². The smallest absolute Gasteiger partial charge is 0.227 e. The zero-order valence-electron chi connectivity index (χ0n) is 14.7. The van der Waals surface area contributed by atoms with Crippen LogP contribution in [0.5, 0.6) is 0 Å². The number of benzene rings is 1. The number of para-hydroxylation sites is 1. The predicted molar refractivity (Wildman–Crippen MR) is 95.8 cm³/mol. The van der Waals surface area contributed by atoms with Crippen molar-refractivity contribution in [3.8, 4) is 0 Å². The molecule has 0 unspecified atom stereocenters. The summed E-state index contributed by atoms with van der Waals surface area (Å²) in [6.07, 6.45) is 6.42. The molecule has 24 heavy (non-hydrogen) atoms. The van der Waals surface area contributed by atoms with Crippen LogP contribution >= 0.6 is 0 Å². The van der Waals surface area contributed by atoms with Crippen LogP contribution in [-0.2, 0) is 16.0 Å². The monoisotopic (exact) mass is 328 g/mol. The van der Waals surface area contributed by atoms with E-state index >= 15 is 0 Å². The van der Waals surface area contributed by atoms with E-state index in [0.29, 0.717) is 6.04 Å². The summed E-state index contributed by atoms with van der Waals surface area (Å²) in [4.78, 5) is 24.8. The molecule has 2 N–H and O–H groups in total. The molecule has 0 radical (unpaired) electrons. The number of hydrogen-bond acceptors (Lipinski definition) is 2. The second kappa shape index (κ2) is 7.37. The Bertz CT molecular complexity index is 614. The van der Waals surface area contributed by atoms with Crippen LogP contribution in [0.2, 0.25) is 0 Å². The van der Waals surface area contributed by atoms with Crippen molar-refractivity contribution in [3.05, 3.63) is 29.3 Å². The first-order valence-corrected chi connectivity index (χ1v) is 9.28. The second-order valence-electron chi connectivity index (χ2n) is 7.28. The molecule has 0 bridgehead atoms. The maximum absolute atomic E-state index is 12.6. The number of hydrogen-bond donors (Lipinski definition) is 2. The SMILES string of the molecule is CCc1cccc(C)c1NC(=O)C1CCC(C(=O)NC2CC2)CC1. The normalized spacial score (nSPS) is 23.6. The van der Waals surface area contributed by atoms with Gasteiger partial charge in [-0.1, -0.05) is 25.1 Å². The summed E-state index contributed by atoms with van der Waals surface area (Å²) in [5.41, 5.74) is 3.26. The van der Waals surface area contributed by atoms with E-state index in [0.717, 1.165) is 56.2 Å². The van der Waals surface area contributed by atoms with Gasteiger partial charge in [-0.15, -0.1) is 0 Å². The van der Waals surface area contributed by atoms with Crippen LogP contribution in [0.4, 0.5) is 5.69 Å². The average Bonchev–Trinajstić information content (AvgIpc) is 3.40. The van der Waals surface area contributed by atoms with E-state index in [-0.39, 0.29) is 23.7 Å². The van der Waals surface area contributed by atoms with Crippen LogP contribution in [0.25, 0.3) is 0 Å². The minimum Gasteiger partial charge on any atom is -0.353 e. The van der Waals surface area contributed by atoms with Crippen molar-refractivity contribution in [3.63, 3.8) is 0 Å². The van der Waals surface area contributed by atoms with Gasteiger partial charge >= 0.3 is 0 Å². The highest BCUT2D eigenvalue weighted by Gasteiger charge is 2.32. The summed E-state index contributed by atoms with van der Waals surface area (Å²) in [6.45, 7) is 4.14. The molecule has 0 saturated heterocycles. The molecule has 0 spiro atoms. The molecule has 0 aromatic heterocycles. The Morgan fingerprint density at radius 3 is 2.21 bits per heavy atom. The highest BCUT2D eigenvalue weighted by atomic mass is 16.2. The van der Waals surface area contributed by atoms with E-state index in [1.807, 2.05) is 19.1 Å². The third kappa shape index (κ3) is 3.97. The quantitative estimate of drug-likeness (QED) is 0.868. The van der Waals surface area contributed by atoms with Crippen molar-refractivity contribution in [2.24, 2.45) is 11.8 Å². The minimum atomic E-state index is 0.0271. The molecule has 1 aromatic rings. The molecule has 2 amide bonds. The average molecular weight is 328 g/mol. The Hall–Kier alpha value is -1.84. The van der Waals surface area contributed by atoms with Gasteiger partial charge in [0.05, 0.1) is 0 Å². The topological polar surface area (TPSA) is 58.2 Å². The van der Waals surface area contributed by atoms with Gasteiger partial charge in [-0.25, -0.2) is 0 Å². The number of carbonyl (C=O) groups is 2. The van der Waals surface area contributed by atoms with Crippen LogP contribution < -0.4 is 10.6 Å². The first-order valence-electron chi connectivity index (χ1n) is 9.28. The minimum absolute atomic E-state index is 0.0271. The Morgan fingerprint density at radius 2 is 1.62 bits per heavy atom. The van der Waals surface area contributed by atoms with Gasteiger partial charge in [0.25, 0.3) is 0 Å². The van der Waals surface area contributed by atoms with Crippen LogP contribution in [-0.4, -0.2) is 17.9 Å². The largest absolute Gasteiger partial charge is 0.353 e. The van der Waals surface area contributed by atoms with Crippen molar-refractivity contribution >= 4 is 17.5 Å². The molecule has 3 rings (SSSR count). The molecule has 2 fully saturated rings. The molecule has 0 heterocycles. The summed E-state index contributed by atoms with van der Waals surface area (Å²) < 4.78 is 0. The standard InChI is InChI=1S/C20H28N2O2/c1-3-14-6-4-5-13(2)18(14)22-20(24)16-9-7-15(8-10-16)19(23)21-17-11-12-17/h4-6,15-17H,3,7-12H2,1-2H3,(H,21,23)(H,22,24). The van der Waals surface area contributed by atoms with Gasteiger partial charge < -0.3 is 10.6 Å². The van der Waals surface area contributed by atoms with E-state index < -0.39 is 0 Å². The van der Waals surface area contributed by atoms with Crippen LogP contribution in [0.1, 0.15) is 56.6 Å². The molecule has 1 aromatic carbocycles.